The number of benzene rings is 1. The van der Waals surface area contributed by atoms with E-state index in [2.05, 4.69) is 9.71 Å². The number of aromatic amines is 1. The van der Waals surface area contributed by atoms with Gasteiger partial charge in [0, 0.05) is 35.9 Å². The zero-order valence-electron chi connectivity index (χ0n) is 12.4. The molecule has 1 heterocycles. The third kappa shape index (κ3) is 3.37. The molecule has 0 aliphatic heterocycles. The van der Waals surface area contributed by atoms with Crippen LogP contribution in [0, 0.1) is 5.92 Å². The Morgan fingerprint density at radius 1 is 1.38 bits per heavy atom. The molecule has 0 saturated heterocycles. The molecule has 21 heavy (non-hydrogen) atoms. The van der Waals surface area contributed by atoms with Crippen LogP contribution in [0.4, 0.5) is 5.69 Å². The first-order valence-corrected chi connectivity index (χ1v) is 8.21. The number of rotatable bonds is 6. The average molecular weight is 311 g/mol. The van der Waals surface area contributed by atoms with E-state index in [0.29, 0.717) is 23.2 Å². The van der Waals surface area contributed by atoms with E-state index >= 15 is 0 Å². The van der Waals surface area contributed by atoms with Gasteiger partial charge in [-0.2, -0.15) is 0 Å². The minimum absolute atomic E-state index is 0.126. The number of nitrogens with two attached hydrogens (primary N) is 1. The predicted molar refractivity (Wildman–Crippen MR) is 83.5 cm³/mol. The number of anilines is 1. The summed E-state index contributed by atoms with van der Waals surface area (Å²) in [6.45, 7) is 4.22. The summed E-state index contributed by atoms with van der Waals surface area (Å²) in [6.07, 6.45) is 1.48. The number of ether oxygens (including phenoxy) is 1. The van der Waals surface area contributed by atoms with Crippen molar-refractivity contribution in [2.75, 3.05) is 19.5 Å². The van der Waals surface area contributed by atoms with E-state index in [1.54, 1.807) is 25.3 Å². The Kier molecular flexibility index (Phi) is 4.55. The SMILES string of the molecule is COCC(NS(=O)(=O)c1c[nH]c2cc(N)ccc12)C(C)C. The Hall–Kier alpha value is -1.57. The van der Waals surface area contributed by atoms with Crippen LogP contribution in [0.2, 0.25) is 0 Å². The highest BCUT2D eigenvalue weighted by Gasteiger charge is 2.24. The average Bonchev–Trinajstić information content (AvgIpc) is 2.81. The number of hydrogen-bond acceptors (Lipinski definition) is 4. The van der Waals surface area contributed by atoms with Crippen LogP contribution in [0.1, 0.15) is 13.8 Å². The van der Waals surface area contributed by atoms with Crippen molar-refractivity contribution in [2.24, 2.45) is 5.92 Å². The van der Waals surface area contributed by atoms with E-state index in [-0.39, 0.29) is 16.9 Å². The summed E-state index contributed by atoms with van der Waals surface area (Å²) in [4.78, 5) is 3.16. The lowest BCUT2D eigenvalue weighted by atomic mass is 10.1. The van der Waals surface area contributed by atoms with E-state index in [1.165, 1.54) is 6.20 Å². The van der Waals surface area contributed by atoms with Gasteiger partial charge < -0.3 is 15.5 Å². The third-order valence-corrected chi connectivity index (χ3v) is 4.94. The lowest BCUT2D eigenvalue weighted by molar-refractivity contribution is 0.157. The molecule has 0 bridgehead atoms. The number of nitrogens with one attached hydrogen (secondary N) is 2. The van der Waals surface area contributed by atoms with Gasteiger partial charge in [0.15, 0.2) is 0 Å². The number of hydrogen-bond donors (Lipinski definition) is 3. The summed E-state index contributed by atoms with van der Waals surface area (Å²) in [7, 11) is -2.07. The highest BCUT2D eigenvalue weighted by molar-refractivity contribution is 7.89. The molecule has 2 rings (SSSR count). The first kappa shape index (κ1) is 15.8. The van der Waals surface area contributed by atoms with Crippen LogP contribution in [0.25, 0.3) is 10.9 Å². The Morgan fingerprint density at radius 2 is 2.10 bits per heavy atom. The molecule has 6 nitrogen and oxygen atoms in total. The molecule has 1 aromatic heterocycles. The van der Waals surface area contributed by atoms with Crippen LogP contribution < -0.4 is 10.5 Å². The van der Waals surface area contributed by atoms with Crippen molar-refractivity contribution in [1.29, 1.82) is 0 Å². The van der Waals surface area contributed by atoms with Crippen LogP contribution in [0.3, 0.4) is 0 Å². The van der Waals surface area contributed by atoms with Crippen molar-refractivity contribution in [3.63, 3.8) is 0 Å². The maximum Gasteiger partial charge on any atom is 0.243 e. The van der Waals surface area contributed by atoms with Gasteiger partial charge >= 0.3 is 0 Å². The molecule has 1 unspecified atom stereocenters. The first-order chi connectivity index (χ1) is 9.85. The number of fused-ring (bicyclic) bond motifs is 1. The van der Waals surface area contributed by atoms with Gasteiger partial charge in [-0.15, -0.1) is 0 Å². The monoisotopic (exact) mass is 311 g/mol. The summed E-state index contributed by atoms with van der Waals surface area (Å²) in [5.74, 6) is 0.126. The maximum absolute atomic E-state index is 12.6. The van der Waals surface area contributed by atoms with Crippen molar-refractivity contribution in [3.05, 3.63) is 24.4 Å². The lowest BCUT2D eigenvalue weighted by Crippen LogP contribution is -2.41. The van der Waals surface area contributed by atoms with Crippen molar-refractivity contribution < 1.29 is 13.2 Å². The molecule has 0 amide bonds. The Bertz CT molecular complexity index is 722. The minimum atomic E-state index is -3.62. The highest BCUT2D eigenvalue weighted by atomic mass is 32.2. The molecule has 1 atom stereocenters. The molecule has 0 radical (unpaired) electrons. The maximum atomic E-state index is 12.6. The third-order valence-electron chi connectivity index (χ3n) is 3.41. The van der Waals surface area contributed by atoms with Gasteiger partial charge in [0.1, 0.15) is 4.90 Å². The van der Waals surface area contributed by atoms with E-state index < -0.39 is 10.0 Å². The fraction of sp³-hybridized carbons (Fsp3) is 0.429. The number of nitrogen functional groups attached to an aromatic ring is 1. The molecule has 1 aromatic carbocycles. The summed E-state index contributed by atoms with van der Waals surface area (Å²) in [6, 6.07) is 4.82. The van der Waals surface area contributed by atoms with Crippen LogP contribution in [0.5, 0.6) is 0 Å². The number of H-pyrrole nitrogens is 1. The normalized spacial score (nSPS) is 13.9. The number of methoxy groups -OCH3 is 1. The number of aromatic nitrogens is 1. The van der Waals surface area contributed by atoms with E-state index in [0.717, 1.165) is 0 Å². The fourth-order valence-corrected chi connectivity index (χ4v) is 3.69. The molecular formula is C14H21N3O3S. The topological polar surface area (TPSA) is 97.2 Å². The molecule has 0 saturated carbocycles. The van der Waals surface area contributed by atoms with Crippen molar-refractivity contribution >= 4 is 26.6 Å². The van der Waals surface area contributed by atoms with E-state index in [1.807, 2.05) is 13.8 Å². The zero-order valence-corrected chi connectivity index (χ0v) is 13.2. The summed E-state index contributed by atoms with van der Waals surface area (Å²) < 4.78 is 32.9. The van der Waals surface area contributed by atoms with Crippen molar-refractivity contribution in [1.82, 2.24) is 9.71 Å². The van der Waals surface area contributed by atoms with Crippen molar-refractivity contribution in [2.45, 2.75) is 24.8 Å². The number of sulfonamides is 1. The lowest BCUT2D eigenvalue weighted by Gasteiger charge is -2.21. The Balaban J connectivity index is 2.37. The van der Waals surface area contributed by atoms with E-state index in [4.69, 9.17) is 10.5 Å². The summed E-state index contributed by atoms with van der Waals surface area (Å²) >= 11 is 0. The van der Waals surface area contributed by atoms with Crippen molar-refractivity contribution in [3.8, 4) is 0 Å². The fourth-order valence-electron chi connectivity index (χ4n) is 2.14. The molecular weight excluding hydrogens is 290 g/mol. The minimum Gasteiger partial charge on any atom is -0.399 e. The second-order valence-corrected chi connectivity index (χ2v) is 7.07. The Labute approximate surface area is 124 Å². The zero-order chi connectivity index (χ0) is 15.6. The van der Waals surface area contributed by atoms with Gasteiger partial charge in [-0.1, -0.05) is 13.8 Å². The van der Waals surface area contributed by atoms with Crippen LogP contribution in [-0.4, -0.2) is 33.2 Å². The smallest absolute Gasteiger partial charge is 0.243 e. The molecule has 0 aliphatic carbocycles. The summed E-state index contributed by atoms with van der Waals surface area (Å²) in [5, 5.41) is 0.622. The quantitative estimate of drug-likeness (QED) is 0.707. The molecule has 4 N–H and O–H groups in total. The van der Waals surface area contributed by atoms with Gasteiger partial charge in [0.05, 0.1) is 6.61 Å². The highest BCUT2D eigenvalue weighted by Crippen LogP contribution is 2.24. The van der Waals surface area contributed by atoms with Gasteiger partial charge in [-0.05, 0) is 24.1 Å². The predicted octanol–water partition coefficient (Wildman–Crippen LogP) is 1.70. The second kappa shape index (κ2) is 6.05. The van der Waals surface area contributed by atoms with Crippen LogP contribution in [0.15, 0.2) is 29.3 Å². The first-order valence-electron chi connectivity index (χ1n) is 6.73. The van der Waals surface area contributed by atoms with Crippen LogP contribution >= 0.6 is 0 Å². The van der Waals surface area contributed by atoms with Crippen LogP contribution in [-0.2, 0) is 14.8 Å². The standard InChI is InChI=1S/C14H21N3O3S/c1-9(2)13(8-20-3)17-21(18,19)14-7-16-12-6-10(15)4-5-11(12)14/h4-7,9,13,16-17H,8,15H2,1-3H3. The van der Waals surface area contributed by atoms with Gasteiger partial charge in [-0.25, -0.2) is 13.1 Å². The second-order valence-electron chi connectivity index (χ2n) is 5.39. The van der Waals surface area contributed by atoms with Gasteiger partial charge in [0.25, 0.3) is 0 Å². The Morgan fingerprint density at radius 3 is 2.71 bits per heavy atom. The van der Waals surface area contributed by atoms with Gasteiger partial charge in [-0.3, -0.25) is 0 Å². The largest absolute Gasteiger partial charge is 0.399 e. The van der Waals surface area contributed by atoms with E-state index in [9.17, 15) is 8.42 Å². The molecule has 0 aliphatic rings. The summed E-state index contributed by atoms with van der Waals surface area (Å²) in [5.41, 5.74) is 6.98. The molecule has 7 heteroatoms. The van der Waals surface area contributed by atoms with Gasteiger partial charge in [0.2, 0.25) is 10.0 Å². The molecule has 2 aromatic rings. The molecule has 116 valence electrons. The molecule has 0 spiro atoms. The molecule has 0 fully saturated rings.